The van der Waals surface area contributed by atoms with E-state index in [1.807, 2.05) is 6.07 Å². The Morgan fingerprint density at radius 2 is 1.95 bits per heavy atom. The SMILES string of the molecule is CC(C)(C)c1ccc(OCC(=O)CC2CCCC2)c(Br)c1. The Kier molecular flexibility index (Phi) is 5.48. The van der Waals surface area contributed by atoms with Crippen LogP contribution in [0.15, 0.2) is 22.7 Å². The van der Waals surface area contributed by atoms with Crippen LogP contribution in [-0.2, 0) is 10.2 Å². The number of ketones is 1. The summed E-state index contributed by atoms with van der Waals surface area (Å²) in [7, 11) is 0. The molecule has 0 aliphatic heterocycles. The molecule has 0 unspecified atom stereocenters. The van der Waals surface area contributed by atoms with Gasteiger partial charge in [-0.05, 0) is 45.0 Å². The van der Waals surface area contributed by atoms with Crippen LogP contribution in [0, 0.1) is 5.92 Å². The number of benzene rings is 1. The average Bonchev–Trinajstić information content (AvgIpc) is 2.89. The molecule has 0 atom stereocenters. The Bertz CT molecular complexity index is 496. The molecule has 0 amide bonds. The van der Waals surface area contributed by atoms with Crippen molar-refractivity contribution in [3.63, 3.8) is 0 Å². The maximum absolute atomic E-state index is 12.0. The van der Waals surface area contributed by atoms with Crippen molar-refractivity contribution in [1.29, 1.82) is 0 Å². The topological polar surface area (TPSA) is 26.3 Å². The van der Waals surface area contributed by atoms with Gasteiger partial charge in [0, 0.05) is 6.42 Å². The van der Waals surface area contributed by atoms with Crippen molar-refractivity contribution in [3.8, 4) is 5.75 Å². The first-order valence-corrected chi connectivity index (χ1v) is 8.60. The highest BCUT2D eigenvalue weighted by Gasteiger charge is 2.19. The van der Waals surface area contributed by atoms with Crippen molar-refractivity contribution < 1.29 is 9.53 Å². The third-order valence-corrected chi connectivity index (χ3v) is 4.80. The normalized spacial score (nSPS) is 16.2. The average molecular weight is 353 g/mol. The van der Waals surface area contributed by atoms with E-state index in [0.717, 1.165) is 10.2 Å². The summed E-state index contributed by atoms with van der Waals surface area (Å²) >= 11 is 3.54. The molecule has 0 bridgehead atoms. The van der Waals surface area contributed by atoms with E-state index in [2.05, 4.69) is 48.8 Å². The molecule has 0 aromatic heterocycles. The van der Waals surface area contributed by atoms with Crippen molar-refractivity contribution in [2.45, 2.75) is 58.3 Å². The number of ether oxygens (including phenoxy) is 1. The third kappa shape index (κ3) is 4.84. The van der Waals surface area contributed by atoms with E-state index in [4.69, 9.17) is 4.74 Å². The largest absolute Gasteiger partial charge is 0.485 e. The summed E-state index contributed by atoms with van der Waals surface area (Å²) in [5, 5.41) is 0. The molecule has 0 heterocycles. The van der Waals surface area contributed by atoms with Crippen molar-refractivity contribution >= 4 is 21.7 Å². The van der Waals surface area contributed by atoms with Crippen LogP contribution in [0.5, 0.6) is 5.75 Å². The van der Waals surface area contributed by atoms with Crippen LogP contribution in [0.3, 0.4) is 0 Å². The Labute approximate surface area is 136 Å². The lowest BCUT2D eigenvalue weighted by atomic mass is 9.87. The second kappa shape index (κ2) is 6.95. The van der Waals surface area contributed by atoms with Gasteiger partial charge in [-0.1, -0.05) is 52.5 Å². The van der Waals surface area contributed by atoms with Gasteiger partial charge in [-0.3, -0.25) is 4.79 Å². The number of halogens is 1. The summed E-state index contributed by atoms with van der Waals surface area (Å²) in [6, 6.07) is 6.10. The van der Waals surface area contributed by atoms with Gasteiger partial charge < -0.3 is 4.74 Å². The second-order valence-electron chi connectivity index (χ2n) is 7.08. The predicted octanol–water partition coefficient (Wildman–Crippen LogP) is 5.27. The molecule has 0 radical (unpaired) electrons. The zero-order valence-electron chi connectivity index (χ0n) is 13.2. The van der Waals surface area contributed by atoms with Crippen molar-refractivity contribution in [2.24, 2.45) is 5.92 Å². The van der Waals surface area contributed by atoms with Crippen LogP contribution in [0.4, 0.5) is 0 Å². The van der Waals surface area contributed by atoms with Crippen LogP contribution < -0.4 is 4.74 Å². The van der Waals surface area contributed by atoms with Crippen molar-refractivity contribution in [3.05, 3.63) is 28.2 Å². The number of Topliss-reactive ketones (excluding diaryl/α,β-unsaturated/α-hetero) is 1. The highest BCUT2D eigenvalue weighted by atomic mass is 79.9. The first-order valence-electron chi connectivity index (χ1n) is 7.81. The van der Waals surface area contributed by atoms with Gasteiger partial charge in [-0.25, -0.2) is 0 Å². The molecule has 1 aliphatic rings. The Morgan fingerprint density at radius 3 is 2.52 bits per heavy atom. The van der Waals surface area contributed by atoms with Crippen LogP contribution in [-0.4, -0.2) is 12.4 Å². The summed E-state index contributed by atoms with van der Waals surface area (Å²) < 4.78 is 6.60. The van der Waals surface area contributed by atoms with Crippen LogP contribution in [0.2, 0.25) is 0 Å². The minimum Gasteiger partial charge on any atom is -0.485 e. The van der Waals surface area contributed by atoms with E-state index in [1.54, 1.807) is 0 Å². The fourth-order valence-electron chi connectivity index (χ4n) is 2.84. The molecule has 2 rings (SSSR count). The molecule has 1 aromatic rings. The minimum absolute atomic E-state index is 0.110. The van der Waals surface area contributed by atoms with Gasteiger partial charge in [0.15, 0.2) is 5.78 Å². The molecule has 1 fully saturated rings. The smallest absolute Gasteiger partial charge is 0.170 e. The van der Waals surface area contributed by atoms with E-state index in [-0.39, 0.29) is 17.8 Å². The van der Waals surface area contributed by atoms with Gasteiger partial charge >= 0.3 is 0 Å². The Morgan fingerprint density at radius 1 is 1.29 bits per heavy atom. The highest BCUT2D eigenvalue weighted by Crippen LogP contribution is 2.32. The number of carbonyl (C=O) groups excluding carboxylic acids is 1. The van der Waals surface area contributed by atoms with Gasteiger partial charge in [0.05, 0.1) is 4.47 Å². The third-order valence-electron chi connectivity index (χ3n) is 4.18. The zero-order valence-corrected chi connectivity index (χ0v) is 14.8. The molecule has 0 N–H and O–H groups in total. The number of carbonyl (C=O) groups is 1. The highest BCUT2D eigenvalue weighted by molar-refractivity contribution is 9.10. The maximum Gasteiger partial charge on any atom is 0.170 e. The zero-order chi connectivity index (χ0) is 15.5. The van der Waals surface area contributed by atoms with Crippen molar-refractivity contribution in [2.75, 3.05) is 6.61 Å². The molecule has 1 saturated carbocycles. The number of rotatable bonds is 5. The van der Waals surface area contributed by atoms with Crippen LogP contribution >= 0.6 is 15.9 Å². The molecule has 116 valence electrons. The van der Waals surface area contributed by atoms with E-state index in [0.29, 0.717) is 12.3 Å². The maximum atomic E-state index is 12.0. The molecule has 2 nitrogen and oxygen atoms in total. The fourth-order valence-corrected chi connectivity index (χ4v) is 3.33. The van der Waals surface area contributed by atoms with Gasteiger partial charge in [-0.15, -0.1) is 0 Å². The summed E-state index contributed by atoms with van der Waals surface area (Å²) in [5.41, 5.74) is 1.36. The lowest BCUT2D eigenvalue weighted by Gasteiger charge is -2.20. The van der Waals surface area contributed by atoms with E-state index >= 15 is 0 Å². The molecular formula is C18H25BrO2. The van der Waals surface area contributed by atoms with Crippen LogP contribution in [0.1, 0.15) is 58.4 Å². The van der Waals surface area contributed by atoms with E-state index in [9.17, 15) is 4.79 Å². The quantitative estimate of drug-likeness (QED) is 0.720. The second-order valence-corrected chi connectivity index (χ2v) is 7.93. The molecular weight excluding hydrogens is 328 g/mol. The van der Waals surface area contributed by atoms with Crippen LogP contribution in [0.25, 0.3) is 0 Å². The number of hydrogen-bond donors (Lipinski definition) is 0. The lowest BCUT2D eigenvalue weighted by Crippen LogP contribution is -2.15. The van der Waals surface area contributed by atoms with Crippen molar-refractivity contribution in [1.82, 2.24) is 0 Å². The summed E-state index contributed by atoms with van der Waals surface area (Å²) in [6.07, 6.45) is 5.64. The predicted molar refractivity (Wildman–Crippen MR) is 89.9 cm³/mol. The Hall–Kier alpha value is -0.830. The van der Waals surface area contributed by atoms with E-state index < -0.39 is 0 Å². The monoisotopic (exact) mass is 352 g/mol. The summed E-state index contributed by atoms with van der Waals surface area (Å²) in [4.78, 5) is 12.0. The summed E-state index contributed by atoms with van der Waals surface area (Å²) in [6.45, 7) is 6.73. The first-order chi connectivity index (χ1) is 9.86. The van der Waals surface area contributed by atoms with Gasteiger partial charge in [0.1, 0.15) is 12.4 Å². The minimum atomic E-state index is 0.110. The van der Waals surface area contributed by atoms with Gasteiger partial charge in [0.2, 0.25) is 0 Å². The lowest BCUT2D eigenvalue weighted by molar-refractivity contribution is -0.121. The number of hydrogen-bond acceptors (Lipinski definition) is 2. The standard InChI is InChI=1S/C18H25BrO2/c1-18(2,3)14-8-9-17(16(19)11-14)21-12-15(20)10-13-6-4-5-7-13/h8-9,11,13H,4-7,10,12H2,1-3H3. The summed E-state index contributed by atoms with van der Waals surface area (Å²) in [5.74, 6) is 1.56. The molecule has 1 aromatic carbocycles. The fraction of sp³-hybridized carbons (Fsp3) is 0.611. The van der Waals surface area contributed by atoms with Gasteiger partial charge in [-0.2, -0.15) is 0 Å². The van der Waals surface area contributed by atoms with Gasteiger partial charge in [0.25, 0.3) is 0 Å². The molecule has 1 aliphatic carbocycles. The van der Waals surface area contributed by atoms with E-state index in [1.165, 1.54) is 31.2 Å². The molecule has 0 spiro atoms. The molecule has 0 saturated heterocycles. The molecule has 3 heteroatoms. The Balaban J connectivity index is 1.89. The molecule has 21 heavy (non-hydrogen) atoms. The first kappa shape index (κ1) is 16.5.